The quantitative estimate of drug-likeness (QED) is 0.172. The maximum Gasteiger partial charge on any atom is 0.145 e. The summed E-state index contributed by atoms with van der Waals surface area (Å²) in [4.78, 5) is 5.32. The van der Waals surface area contributed by atoms with Crippen molar-refractivity contribution in [1.82, 2.24) is 9.55 Å². The summed E-state index contributed by atoms with van der Waals surface area (Å²) in [5.41, 5.74) is 13.9. The van der Waals surface area contributed by atoms with Gasteiger partial charge in [0.25, 0.3) is 0 Å². The first-order chi connectivity index (χ1) is 28.1. The Morgan fingerprint density at radius 2 is 1.12 bits per heavy atom. The Kier molecular flexibility index (Phi) is 7.93. The van der Waals surface area contributed by atoms with Crippen LogP contribution in [0.4, 0.5) is 0 Å². The minimum Gasteiger partial charge on any atom is -0.293 e. The van der Waals surface area contributed by atoms with Crippen LogP contribution in [-0.4, -0.2) is 9.55 Å². The van der Waals surface area contributed by atoms with E-state index in [9.17, 15) is 0 Å². The Morgan fingerprint density at radius 3 is 1.81 bits per heavy atom. The molecule has 8 aromatic carbocycles. The fraction of sp³-hybridized carbons (Fsp3) is 0.109. The van der Waals surface area contributed by atoms with E-state index in [1.165, 1.54) is 82.6 Å². The van der Waals surface area contributed by atoms with Crippen LogP contribution in [0.2, 0.25) is 0 Å². The second-order valence-corrected chi connectivity index (χ2v) is 16.0. The van der Waals surface area contributed by atoms with Gasteiger partial charge in [-0.15, -0.1) is 0 Å². The van der Waals surface area contributed by atoms with Crippen LogP contribution in [0.1, 0.15) is 66.1 Å². The van der Waals surface area contributed by atoms with Crippen LogP contribution in [0.3, 0.4) is 0 Å². The van der Waals surface area contributed by atoms with Gasteiger partial charge in [-0.3, -0.25) is 4.57 Å². The first-order valence-electron chi connectivity index (χ1n) is 20.3. The molecule has 1 aromatic heterocycles. The second kappa shape index (κ2) is 13.5. The Bertz CT molecular complexity index is 3070. The van der Waals surface area contributed by atoms with E-state index < -0.39 is 0 Å². The molecule has 11 rings (SSSR count). The van der Waals surface area contributed by atoms with E-state index in [1.54, 1.807) is 0 Å². The molecule has 0 aliphatic heterocycles. The zero-order valence-electron chi connectivity index (χ0n) is 32.2. The van der Waals surface area contributed by atoms with E-state index >= 15 is 0 Å². The van der Waals surface area contributed by atoms with Gasteiger partial charge in [-0.05, 0) is 114 Å². The van der Waals surface area contributed by atoms with Gasteiger partial charge in [-0.1, -0.05) is 172 Å². The van der Waals surface area contributed by atoms with Crippen molar-refractivity contribution in [3.63, 3.8) is 0 Å². The summed E-state index contributed by atoms with van der Waals surface area (Å²) in [6, 6.07) is 60.4. The molecule has 57 heavy (non-hydrogen) atoms. The molecule has 2 heteroatoms. The van der Waals surface area contributed by atoms with Crippen LogP contribution in [0.5, 0.6) is 0 Å². The summed E-state index contributed by atoms with van der Waals surface area (Å²) in [6.45, 7) is 4.72. The minimum absolute atomic E-state index is 0.196. The molecule has 2 aliphatic carbocycles. The molecule has 0 fully saturated rings. The van der Waals surface area contributed by atoms with Crippen molar-refractivity contribution >= 4 is 44.5 Å². The number of rotatable bonds is 5. The van der Waals surface area contributed by atoms with Gasteiger partial charge in [0, 0.05) is 23.1 Å². The average molecular weight is 731 g/mol. The van der Waals surface area contributed by atoms with Gasteiger partial charge < -0.3 is 0 Å². The van der Waals surface area contributed by atoms with E-state index in [4.69, 9.17) is 4.98 Å². The van der Waals surface area contributed by atoms with E-state index in [2.05, 4.69) is 207 Å². The number of allylic oxidation sites excluding steroid dienone is 2. The fourth-order valence-corrected chi connectivity index (χ4v) is 9.74. The Morgan fingerprint density at radius 1 is 0.544 bits per heavy atom. The number of hydrogen-bond donors (Lipinski definition) is 0. The molecule has 0 N–H and O–H groups in total. The number of benzene rings is 8. The molecule has 2 nitrogen and oxygen atoms in total. The second-order valence-electron chi connectivity index (χ2n) is 16.0. The van der Waals surface area contributed by atoms with E-state index in [-0.39, 0.29) is 11.8 Å². The minimum atomic E-state index is 0.196. The number of hydrogen-bond acceptors (Lipinski definition) is 1. The third-order valence-electron chi connectivity index (χ3n) is 12.6. The Hall–Kier alpha value is -6.77. The van der Waals surface area contributed by atoms with Crippen molar-refractivity contribution in [3.05, 3.63) is 204 Å². The van der Waals surface area contributed by atoms with Gasteiger partial charge in [-0.2, -0.15) is 0 Å². The number of imidazole rings is 1. The van der Waals surface area contributed by atoms with E-state index in [0.29, 0.717) is 5.92 Å². The smallest absolute Gasteiger partial charge is 0.145 e. The molecule has 2 aliphatic rings. The summed E-state index contributed by atoms with van der Waals surface area (Å²) in [6.07, 6.45) is 10.4. The first kappa shape index (κ1) is 33.6. The normalized spacial score (nSPS) is 17.3. The zero-order valence-corrected chi connectivity index (χ0v) is 32.2. The lowest BCUT2D eigenvalue weighted by molar-refractivity contribution is 0.672. The summed E-state index contributed by atoms with van der Waals surface area (Å²) in [7, 11) is 0. The van der Waals surface area contributed by atoms with Gasteiger partial charge in [0.1, 0.15) is 5.82 Å². The van der Waals surface area contributed by atoms with Crippen molar-refractivity contribution in [2.24, 2.45) is 0 Å². The molecule has 0 saturated heterocycles. The van der Waals surface area contributed by atoms with Crippen molar-refractivity contribution in [2.45, 2.75) is 38.0 Å². The molecule has 9 aromatic rings. The van der Waals surface area contributed by atoms with E-state index in [0.717, 1.165) is 23.5 Å². The van der Waals surface area contributed by atoms with E-state index in [1.807, 2.05) is 0 Å². The number of fused-ring (bicyclic) bond motifs is 5. The van der Waals surface area contributed by atoms with Gasteiger partial charge in [0.05, 0.1) is 11.4 Å². The molecule has 0 radical (unpaired) electrons. The number of nitrogens with zero attached hydrogens (tertiary/aromatic N) is 2. The standard InChI is InChI=1S/C55H42N2/c1-35-13-12-22-50-54(35)56-55(57(50)45-18-4-3-5-19-45)40-27-25-39(26-28-40)46-31-32-49-51(36(46)2)53(44-30-24-38-15-7-9-17-42(38)34-44)48-21-11-10-20-47(48)52(49)43-29-23-37-14-6-8-16-41(37)33-43/h3-12,14-36,46H,13H2,1-2H3. The average Bonchev–Trinajstić information content (AvgIpc) is 3.67. The van der Waals surface area contributed by atoms with Gasteiger partial charge in [0.15, 0.2) is 0 Å². The van der Waals surface area contributed by atoms with Gasteiger partial charge >= 0.3 is 0 Å². The third kappa shape index (κ3) is 5.51. The molecule has 3 unspecified atom stereocenters. The van der Waals surface area contributed by atoms with Crippen molar-refractivity contribution < 1.29 is 0 Å². The third-order valence-corrected chi connectivity index (χ3v) is 12.6. The molecule has 0 spiro atoms. The zero-order chi connectivity index (χ0) is 38.0. The summed E-state index contributed by atoms with van der Waals surface area (Å²) < 4.78 is 2.34. The van der Waals surface area contributed by atoms with Crippen LogP contribution in [0.15, 0.2) is 176 Å². The highest BCUT2D eigenvalue weighted by molar-refractivity contribution is 6.11. The largest absolute Gasteiger partial charge is 0.293 e. The fourth-order valence-electron chi connectivity index (χ4n) is 9.74. The highest BCUT2D eigenvalue weighted by Crippen LogP contribution is 2.52. The highest BCUT2D eigenvalue weighted by Gasteiger charge is 2.31. The SMILES string of the molecule is CC1CC=Cc2c1nc(-c1ccc(C3C=Cc4c(c(-c5ccc6ccccc6c5)c5ccccc5c4-c4ccc5ccccc5c4)C3C)cc1)n2-c1ccccc1. The number of aromatic nitrogens is 2. The molecule has 272 valence electrons. The summed E-state index contributed by atoms with van der Waals surface area (Å²) in [5, 5.41) is 7.63. The molecule has 0 bridgehead atoms. The molecule has 3 atom stereocenters. The highest BCUT2D eigenvalue weighted by atomic mass is 15.1. The predicted octanol–water partition coefficient (Wildman–Crippen LogP) is 14.8. The molecule has 0 saturated carbocycles. The maximum atomic E-state index is 5.32. The molecular formula is C55H42N2. The predicted molar refractivity (Wildman–Crippen MR) is 241 cm³/mol. The van der Waals surface area contributed by atoms with Crippen molar-refractivity contribution in [1.29, 1.82) is 0 Å². The number of para-hydroxylation sites is 1. The lowest BCUT2D eigenvalue weighted by Crippen LogP contribution is -2.14. The van der Waals surface area contributed by atoms with Crippen molar-refractivity contribution in [2.75, 3.05) is 0 Å². The first-order valence-corrected chi connectivity index (χ1v) is 20.3. The monoisotopic (exact) mass is 730 g/mol. The molecular weight excluding hydrogens is 689 g/mol. The lowest BCUT2D eigenvalue weighted by atomic mass is 9.71. The maximum absolute atomic E-state index is 5.32. The topological polar surface area (TPSA) is 17.8 Å². The van der Waals surface area contributed by atoms with Crippen molar-refractivity contribution in [3.8, 4) is 39.3 Å². The lowest BCUT2D eigenvalue weighted by Gasteiger charge is -2.33. The van der Waals surface area contributed by atoms with Crippen LogP contribution >= 0.6 is 0 Å². The Balaban J connectivity index is 1.08. The van der Waals surface area contributed by atoms with Crippen LogP contribution in [0, 0.1) is 0 Å². The van der Waals surface area contributed by atoms with Crippen LogP contribution in [0.25, 0.3) is 83.8 Å². The summed E-state index contributed by atoms with van der Waals surface area (Å²) >= 11 is 0. The van der Waals surface area contributed by atoms with Gasteiger partial charge in [-0.25, -0.2) is 4.98 Å². The molecule has 0 amide bonds. The van der Waals surface area contributed by atoms with Gasteiger partial charge in [0.2, 0.25) is 0 Å². The molecule has 1 heterocycles. The van der Waals surface area contributed by atoms with Crippen LogP contribution in [-0.2, 0) is 0 Å². The van der Waals surface area contributed by atoms with Crippen LogP contribution < -0.4 is 0 Å². The summed E-state index contributed by atoms with van der Waals surface area (Å²) in [5.74, 6) is 1.79. The Labute approximate surface area is 334 Å².